The van der Waals surface area contributed by atoms with E-state index in [2.05, 4.69) is 62.5 Å². The first-order valence-corrected chi connectivity index (χ1v) is 13.0. The molecule has 2 unspecified atom stereocenters. The standard InChI is InChI=1S/C27H41ClFN5O.2BrH/c1-7-8-23(32-20-10-9-18-13-22(29)21(28)12-19(18)11-20)25(35)33-24-14-34(17-31-24)27(5,6)16-30-15-26(2,3)4;;/h12-14,17,20,23,30,32H,7-11,15-16H2,1-6H3,(H,33,35);2*1H. The summed E-state index contributed by atoms with van der Waals surface area (Å²) in [5.74, 6) is 0.106. The molecule has 37 heavy (non-hydrogen) atoms. The molecule has 6 nitrogen and oxygen atoms in total. The maximum absolute atomic E-state index is 13.8. The number of carbonyl (C=O) groups is 1. The van der Waals surface area contributed by atoms with E-state index in [9.17, 15) is 9.18 Å². The number of halogens is 4. The van der Waals surface area contributed by atoms with Gasteiger partial charge in [-0.2, -0.15) is 0 Å². The highest BCUT2D eigenvalue weighted by atomic mass is 79.9. The smallest absolute Gasteiger partial charge is 0.242 e. The number of aromatic nitrogens is 2. The summed E-state index contributed by atoms with van der Waals surface area (Å²) in [5.41, 5.74) is 2.09. The minimum Gasteiger partial charge on any atom is -0.328 e. The molecule has 1 aliphatic carbocycles. The van der Waals surface area contributed by atoms with E-state index in [0.717, 1.165) is 56.3 Å². The lowest BCUT2D eigenvalue weighted by Gasteiger charge is -2.29. The molecule has 0 aliphatic heterocycles. The third-order valence-corrected chi connectivity index (χ3v) is 6.84. The molecule has 2 aromatic rings. The average Bonchev–Trinajstić information content (AvgIpc) is 3.23. The molecule has 3 rings (SSSR count). The van der Waals surface area contributed by atoms with E-state index in [1.54, 1.807) is 18.5 Å². The summed E-state index contributed by atoms with van der Waals surface area (Å²) in [6.07, 6.45) is 7.63. The van der Waals surface area contributed by atoms with Crippen molar-refractivity contribution in [3.8, 4) is 0 Å². The van der Waals surface area contributed by atoms with Crippen molar-refractivity contribution >= 4 is 57.3 Å². The maximum atomic E-state index is 13.8. The Balaban J connectivity index is 0.00000342. The van der Waals surface area contributed by atoms with Crippen molar-refractivity contribution in [2.24, 2.45) is 5.41 Å². The van der Waals surface area contributed by atoms with Gasteiger partial charge in [-0.3, -0.25) is 4.79 Å². The van der Waals surface area contributed by atoms with Crippen LogP contribution in [0.2, 0.25) is 5.02 Å². The van der Waals surface area contributed by atoms with Crippen LogP contribution in [-0.4, -0.2) is 40.6 Å². The molecular weight excluding hydrogens is 625 g/mol. The topological polar surface area (TPSA) is 71.0 Å². The molecule has 1 aromatic heterocycles. The lowest BCUT2D eigenvalue weighted by Crippen LogP contribution is -2.47. The van der Waals surface area contributed by atoms with Gasteiger partial charge in [0.1, 0.15) is 5.82 Å². The summed E-state index contributed by atoms with van der Waals surface area (Å²) < 4.78 is 15.8. The van der Waals surface area contributed by atoms with Crippen molar-refractivity contribution in [3.63, 3.8) is 0 Å². The Hall–Kier alpha value is -1.00. The van der Waals surface area contributed by atoms with Gasteiger partial charge in [0.05, 0.1) is 22.9 Å². The summed E-state index contributed by atoms with van der Waals surface area (Å²) in [5, 5.41) is 10.2. The monoisotopic (exact) mass is 665 g/mol. The van der Waals surface area contributed by atoms with Gasteiger partial charge in [0.25, 0.3) is 0 Å². The number of rotatable bonds is 10. The number of hydrogen-bond donors (Lipinski definition) is 3. The Labute approximate surface area is 247 Å². The molecule has 0 saturated carbocycles. The highest BCUT2D eigenvalue weighted by Gasteiger charge is 2.27. The van der Waals surface area contributed by atoms with Crippen LogP contribution in [0.1, 0.15) is 71.9 Å². The molecule has 1 heterocycles. The fraction of sp³-hybridized carbons (Fsp3) is 0.630. The molecule has 0 saturated heterocycles. The van der Waals surface area contributed by atoms with Gasteiger partial charge in [-0.1, -0.05) is 45.7 Å². The lowest BCUT2D eigenvalue weighted by atomic mass is 9.87. The number of imidazole rings is 1. The summed E-state index contributed by atoms with van der Waals surface area (Å²) in [4.78, 5) is 17.6. The van der Waals surface area contributed by atoms with Crippen LogP contribution in [0.15, 0.2) is 24.7 Å². The van der Waals surface area contributed by atoms with Gasteiger partial charge in [-0.15, -0.1) is 34.0 Å². The highest BCUT2D eigenvalue weighted by molar-refractivity contribution is 8.93. The fourth-order valence-electron chi connectivity index (χ4n) is 4.52. The van der Waals surface area contributed by atoms with E-state index >= 15 is 0 Å². The number of nitrogens with zero attached hydrogens (tertiary/aromatic N) is 2. The normalized spacial score (nSPS) is 16.3. The van der Waals surface area contributed by atoms with Gasteiger partial charge in [-0.05, 0) is 68.2 Å². The molecule has 1 aliphatic rings. The van der Waals surface area contributed by atoms with E-state index in [0.29, 0.717) is 5.82 Å². The van der Waals surface area contributed by atoms with Crippen molar-refractivity contribution in [2.45, 2.75) is 91.3 Å². The molecule has 3 N–H and O–H groups in total. The Morgan fingerprint density at radius 3 is 2.54 bits per heavy atom. The molecule has 1 amide bonds. The molecule has 0 fully saturated rings. The lowest BCUT2D eigenvalue weighted by molar-refractivity contribution is -0.118. The van der Waals surface area contributed by atoms with Gasteiger partial charge in [0.2, 0.25) is 5.91 Å². The van der Waals surface area contributed by atoms with Crippen molar-refractivity contribution in [1.29, 1.82) is 0 Å². The Morgan fingerprint density at radius 2 is 1.89 bits per heavy atom. The van der Waals surface area contributed by atoms with Crippen LogP contribution in [0, 0.1) is 11.2 Å². The van der Waals surface area contributed by atoms with E-state index in [1.807, 2.05) is 10.8 Å². The maximum Gasteiger partial charge on any atom is 0.242 e. The van der Waals surface area contributed by atoms with Crippen molar-refractivity contribution in [1.82, 2.24) is 20.2 Å². The van der Waals surface area contributed by atoms with Crippen molar-refractivity contribution in [2.75, 3.05) is 18.4 Å². The molecule has 1 aromatic carbocycles. The Bertz CT molecular complexity index is 1020. The minimum absolute atomic E-state index is 0. The Kier molecular flexibility index (Phi) is 13.2. The Morgan fingerprint density at radius 1 is 1.19 bits per heavy atom. The molecule has 10 heteroatoms. The second-order valence-corrected chi connectivity index (χ2v) is 12.0. The van der Waals surface area contributed by atoms with Crippen LogP contribution in [0.4, 0.5) is 10.2 Å². The van der Waals surface area contributed by atoms with Crippen molar-refractivity contribution in [3.05, 3.63) is 46.6 Å². The third-order valence-electron chi connectivity index (χ3n) is 6.55. The molecule has 210 valence electrons. The number of carbonyl (C=O) groups excluding carboxylic acids is 1. The highest BCUT2D eigenvalue weighted by Crippen LogP contribution is 2.27. The average molecular weight is 668 g/mol. The summed E-state index contributed by atoms with van der Waals surface area (Å²) >= 11 is 6.00. The number of aryl methyl sites for hydroxylation is 1. The number of amides is 1. The number of nitrogens with one attached hydrogen (secondary N) is 3. The first kappa shape index (κ1) is 34.0. The molecule has 0 bridgehead atoms. The number of fused-ring (bicyclic) bond motifs is 1. The predicted molar refractivity (Wildman–Crippen MR) is 162 cm³/mol. The van der Waals surface area contributed by atoms with Gasteiger partial charge >= 0.3 is 0 Å². The van der Waals surface area contributed by atoms with Crippen LogP contribution in [0.25, 0.3) is 0 Å². The molecule has 2 atom stereocenters. The van der Waals surface area contributed by atoms with E-state index in [4.69, 9.17) is 11.6 Å². The van der Waals surface area contributed by atoms with Crippen LogP contribution in [0.3, 0.4) is 0 Å². The van der Waals surface area contributed by atoms with E-state index in [1.165, 1.54) is 0 Å². The van der Waals surface area contributed by atoms with Crippen LogP contribution in [0.5, 0.6) is 0 Å². The van der Waals surface area contributed by atoms with E-state index < -0.39 is 0 Å². The zero-order chi connectivity index (χ0) is 25.8. The minimum atomic E-state index is -0.368. The number of anilines is 1. The SMILES string of the molecule is Br.Br.CCCC(NC1CCc2cc(F)c(Cl)cc2C1)C(=O)Nc1cn(C(C)(C)CNCC(C)(C)C)cn1. The first-order chi connectivity index (χ1) is 16.4. The second-order valence-electron chi connectivity index (χ2n) is 11.6. The van der Waals surface area contributed by atoms with Crippen molar-refractivity contribution < 1.29 is 9.18 Å². The number of benzene rings is 1. The number of hydrogen-bond acceptors (Lipinski definition) is 4. The van der Waals surface area contributed by atoms with Gasteiger partial charge in [-0.25, -0.2) is 9.37 Å². The zero-order valence-corrected chi connectivity index (χ0v) is 27.0. The van der Waals surface area contributed by atoms with Crippen LogP contribution >= 0.6 is 45.6 Å². The second kappa shape index (κ2) is 14.4. The summed E-state index contributed by atoms with van der Waals surface area (Å²) in [6, 6.07) is 3.08. The largest absolute Gasteiger partial charge is 0.328 e. The van der Waals surface area contributed by atoms with Crippen LogP contribution in [-0.2, 0) is 23.2 Å². The van der Waals surface area contributed by atoms with E-state index in [-0.39, 0.29) is 73.7 Å². The van der Waals surface area contributed by atoms with Gasteiger partial charge in [0, 0.05) is 25.3 Å². The molecule has 0 spiro atoms. The third kappa shape index (κ3) is 9.92. The summed E-state index contributed by atoms with van der Waals surface area (Å²) in [6.45, 7) is 14.7. The molecular formula is C27H43Br2ClFN5O. The summed E-state index contributed by atoms with van der Waals surface area (Å²) in [7, 11) is 0. The van der Waals surface area contributed by atoms with Gasteiger partial charge in [0.15, 0.2) is 5.82 Å². The van der Waals surface area contributed by atoms with Gasteiger partial charge < -0.3 is 20.5 Å². The fourth-order valence-corrected chi connectivity index (χ4v) is 4.71. The zero-order valence-electron chi connectivity index (χ0n) is 22.8. The quantitative estimate of drug-likeness (QED) is 0.272. The first-order valence-electron chi connectivity index (χ1n) is 12.7. The molecule has 0 radical (unpaired) electrons. The van der Waals surface area contributed by atoms with Crippen LogP contribution < -0.4 is 16.0 Å². The predicted octanol–water partition coefficient (Wildman–Crippen LogP) is 6.46.